The third-order valence-electron chi connectivity index (χ3n) is 3.52. The van der Waals surface area contributed by atoms with Crippen LogP contribution in [0.2, 0.25) is 5.02 Å². The van der Waals surface area contributed by atoms with E-state index in [1.165, 1.54) is 24.3 Å². The molecule has 0 atom stereocenters. The van der Waals surface area contributed by atoms with E-state index in [0.717, 1.165) is 5.56 Å². The van der Waals surface area contributed by atoms with Crippen LogP contribution in [-0.4, -0.2) is 25.7 Å². The van der Waals surface area contributed by atoms with E-state index in [-0.39, 0.29) is 17.3 Å². The lowest BCUT2D eigenvalue weighted by molar-refractivity contribution is -0.114. The van der Waals surface area contributed by atoms with E-state index >= 15 is 0 Å². The molecule has 5 nitrogen and oxygen atoms in total. The third kappa shape index (κ3) is 4.35. The quantitative estimate of drug-likeness (QED) is 0.881. The molecular formula is C17H19ClN2O3S. The fourth-order valence-electron chi connectivity index (χ4n) is 2.26. The lowest BCUT2D eigenvalue weighted by Gasteiger charge is -2.19. The Hall–Kier alpha value is -1.89. The van der Waals surface area contributed by atoms with Crippen LogP contribution in [0.4, 0.5) is 5.69 Å². The second-order valence-corrected chi connectivity index (χ2v) is 8.00. The largest absolute Gasteiger partial charge is 0.326 e. The number of carbonyl (C=O) groups is 1. The van der Waals surface area contributed by atoms with Crippen LogP contribution in [0.5, 0.6) is 0 Å². The number of nitrogens with one attached hydrogen (secondary N) is 1. The number of rotatable bonds is 5. The van der Waals surface area contributed by atoms with Crippen molar-refractivity contribution < 1.29 is 13.2 Å². The summed E-state index contributed by atoms with van der Waals surface area (Å²) in [5.74, 6) is -0.253. The van der Waals surface area contributed by atoms with Crippen LogP contribution >= 0.6 is 11.6 Å². The number of carbonyl (C=O) groups excluding carboxylic acids is 1. The molecule has 0 aliphatic heterocycles. The maximum Gasteiger partial charge on any atom is 0.243 e. The fraction of sp³-hybridized carbons (Fsp3) is 0.235. The summed E-state index contributed by atoms with van der Waals surface area (Å²) >= 11 is 5.85. The van der Waals surface area contributed by atoms with Crippen LogP contribution in [-0.2, 0) is 21.4 Å². The van der Waals surface area contributed by atoms with Crippen LogP contribution in [0.3, 0.4) is 0 Å². The zero-order chi connectivity index (χ0) is 17.9. The molecule has 0 aromatic heterocycles. The first-order chi connectivity index (χ1) is 11.2. The van der Waals surface area contributed by atoms with Crippen LogP contribution in [0.15, 0.2) is 47.4 Å². The van der Waals surface area contributed by atoms with Crippen molar-refractivity contribution in [3.63, 3.8) is 0 Å². The molecule has 0 aliphatic carbocycles. The van der Waals surface area contributed by atoms with Crippen LogP contribution < -0.4 is 5.32 Å². The van der Waals surface area contributed by atoms with Gasteiger partial charge in [-0.05, 0) is 42.3 Å². The van der Waals surface area contributed by atoms with Gasteiger partial charge in [0.25, 0.3) is 0 Å². The second-order valence-electron chi connectivity index (χ2n) is 5.55. The summed E-state index contributed by atoms with van der Waals surface area (Å²) in [6.45, 7) is 3.32. The zero-order valence-corrected chi connectivity index (χ0v) is 15.3. The minimum Gasteiger partial charge on any atom is -0.326 e. The van der Waals surface area contributed by atoms with Gasteiger partial charge in [0.15, 0.2) is 0 Å². The minimum atomic E-state index is -3.69. The molecule has 128 valence electrons. The van der Waals surface area contributed by atoms with E-state index in [2.05, 4.69) is 5.32 Å². The monoisotopic (exact) mass is 366 g/mol. The highest BCUT2D eigenvalue weighted by Crippen LogP contribution is 2.24. The second kappa shape index (κ2) is 7.34. The normalized spacial score (nSPS) is 11.5. The van der Waals surface area contributed by atoms with Crippen molar-refractivity contribution in [2.75, 3.05) is 12.4 Å². The van der Waals surface area contributed by atoms with Gasteiger partial charge in [0, 0.05) is 31.2 Å². The third-order valence-corrected chi connectivity index (χ3v) is 5.71. The highest BCUT2D eigenvalue weighted by atomic mass is 35.5. The summed E-state index contributed by atoms with van der Waals surface area (Å²) in [6, 6.07) is 11.8. The molecule has 1 N–H and O–H groups in total. The number of sulfonamides is 1. The van der Waals surface area contributed by atoms with E-state index in [1.807, 2.05) is 0 Å². The maximum atomic E-state index is 12.8. The molecule has 0 fully saturated rings. The molecule has 1 amide bonds. The van der Waals surface area contributed by atoms with Crippen molar-refractivity contribution in [2.45, 2.75) is 25.3 Å². The van der Waals surface area contributed by atoms with Gasteiger partial charge in [0.2, 0.25) is 15.9 Å². The summed E-state index contributed by atoms with van der Waals surface area (Å²) in [5.41, 5.74) is 1.90. The van der Waals surface area contributed by atoms with Gasteiger partial charge in [-0.25, -0.2) is 8.42 Å². The zero-order valence-electron chi connectivity index (χ0n) is 13.7. The molecule has 0 bridgehead atoms. The number of anilines is 1. The van der Waals surface area contributed by atoms with Gasteiger partial charge in [0.1, 0.15) is 0 Å². The average Bonchev–Trinajstić information content (AvgIpc) is 2.50. The number of halogens is 1. The molecule has 0 heterocycles. The molecule has 2 aromatic rings. The smallest absolute Gasteiger partial charge is 0.243 e. The SMILES string of the molecule is CC(=O)Nc1ccc(C)c(S(=O)(=O)N(C)Cc2ccc(Cl)cc2)c1. The van der Waals surface area contributed by atoms with Crippen LogP contribution in [0.1, 0.15) is 18.1 Å². The Kier molecular flexibility index (Phi) is 5.64. The summed E-state index contributed by atoms with van der Waals surface area (Å²) in [5, 5.41) is 3.20. The molecule has 2 aromatic carbocycles. The summed E-state index contributed by atoms with van der Waals surface area (Å²) in [4.78, 5) is 11.4. The maximum absolute atomic E-state index is 12.8. The van der Waals surface area contributed by atoms with Gasteiger partial charge < -0.3 is 5.32 Å². The Morgan fingerprint density at radius 2 is 1.79 bits per heavy atom. The van der Waals surface area contributed by atoms with Gasteiger partial charge in [0.05, 0.1) is 4.90 Å². The summed E-state index contributed by atoms with van der Waals surface area (Å²) in [6.07, 6.45) is 0. The summed E-state index contributed by atoms with van der Waals surface area (Å²) < 4.78 is 27.0. The van der Waals surface area contributed by atoms with Crippen molar-refractivity contribution in [2.24, 2.45) is 0 Å². The molecule has 0 spiro atoms. The Labute approximate surface area is 147 Å². The highest BCUT2D eigenvalue weighted by Gasteiger charge is 2.23. The van der Waals surface area contributed by atoms with Gasteiger partial charge in [-0.1, -0.05) is 29.8 Å². The number of aryl methyl sites for hydroxylation is 1. The molecule has 0 saturated carbocycles. The number of hydrogen-bond acceptors (Lipinski definition) is 3. The van der Waals surface area contributed by atoms with Crippen molar-refractivity contribution in [3.8, 4) is 0 Å². The number of hydrogen-bond donors (Lipinski definition) is 1. The highest BCUT2D eigenvalue weighted by molar-refractivity contribution is 7.89. The van der Waals surface area contributed by atoms with E-state index in [4.69, 9.17) is 11.6 Å². The Balaban J connectivity index is 2.31. The van der Waals surface area contributed by atoms with E-state index < -0.39 is 10.0 Å². The predicted molar refractivity (Wildman–Crippen MR) is 95.6 cm³/mol. The van der Waals surface area contributed by atoms with Gasteiger partial charge in [-0.15, -0.1) is 0 Å². The number of nitrogens with zero attached hydrogens (tertiary/aromatic N) is 1. The molecule has 0 radical (unpaired) electrons. The van der Waals surface area contributed by atoms with Gasteiger partial charge >= 0.3 is 0 Å². The van der Waals surface area contributed by atoms with E-state index in [1.54, 1.807) is 43.3 Å². The minimum absolute atomic E-state index is 0.171. The number of amides is 1. The molecular weight excluding hydrogens is 348 g/mol. The molecule has 7 heteroatoms. The Bertz CT molecular complexity index is 849. The first-order valence-electron chi connectivity index (χ1n) is 7.29. The van der Waals surface area contributed by atoms with Crippen molar-refractivity contribution in [1.29, 1.82) is 0 Å². The van der Waals surface area contributed by atoms with Gasteiger partial charge in [-0.2, -0.15) is 4.31 Å². The molecule has 0 unspecified atom stereocenters. The molecule has 2 rings (SSSR count). The van der Waals surface area contributed by atoms with Crippen molar-refractivity contribution in [3.05, 3.63) is 58.6 Å². The predicted octanol–water partition coefficient (Wildman–Crippen LogP) is 3.43. The van der Waals surface area contributed by atoms with E-state index in [9.17, 15) is 13.2 Å². The van der Waals surface area contributed by atoms with E-state index in [0.29, 0.717) is 16.3 Å². The van der Waals surface area contributed by atoms with Crippen LogP contribution in [0.25, 0.3) is 0 Å². The van der Waals surface area contributed by atoms with Crippen molar-refractivity contribution >= 4 is 33.2 Å². The Morgan fingerprint density at radius 1 is 1.17 bits per heavy atom. The number of benzene rings is 2. The fourth-order valence-corrected chi connectivity index (χ4v) is 3.79. The topological polar surface area (TPSA) is 66.5 Å². The average molecular weight is 367 g/mol. The summed E-state index contributed by atoms with van der Waals surface area (Å²) in [7, 11) is -2.16. The Morgan fingerprint density at radius 3 is 2.38 bits per heavy atom. The first-order valence-corrected chi connectivity index (χ1v) is 9.11. The van der Waals surface area contributed by atoms with Crippen molar-refractivity contribution in [1.82, 2.24) is 4.31 Å². The van der Waals surface area contributed by atoms with Gasteiger partial charge in [-0.3, -0.25) is 4.79 Å². The van der Waals surface area contributed by atoms with Crippen LogP contribution in [0, 0.1) is 6.92 Å². The standard InChI is InChI=1S/C17H19ClN2O3S/c1-12-4-9-16(19-13(2)21)10-17(12)24(22,23)20(3)11-14-5-7-15(18)8-6-14/h4-10H,11H2,1-3H3,(H,19,21). The first kappa shape index (κ1) is 18.4. The lowest BCUT2D eigenvalue weighted by atomic mass is 10.2. The molecule has 24 heavy (non-hydrogen) atoms. The molecule has 0 saturated heterocycles. The lowest BCUT2D eigenvalue weighted by Crippen LogP contribution is -2.27. The molecule has 0 aliphatic rings.